The Morgan fingerprint density at radius 1 is 0.258 bits per heavy atom. The summed E-state index contributed by atoms with van der Waals surface area (Å²) in [7, 11) is 0. The second-order valence-electron chi connectivity index (χ2n) is 16.7. The van der Waals surface area contributed by atoms with Gasteiger partial charge in [-0.1, -0.05) is 176 Å². The zero-order valence-electron chi connectivity index (χ0n) is 35.5. The third-order valence-corrected chi connectivity index (χ3v) is 12.8. The van der Waals surface area contributed by atoms with E-state index in [2.05, 4.69) is 188 Å². The first-order valence-electron chi connectivity index (χ1n) is 22.2. The summed E-state index contributed by atoms with van der Waals surface area (Å²) in [4.78, 5) is 15.5. The van der Waals surface area contributed by atoms with Crippen molar-refractivity contribution in [2.45, 2.75) is 0 Å². The number of hydrogen-bond acceptors (Lipinski definition) is 5. The van der Waals surface area contributed by atoms with Crippen LogP contribution < -0.4 is 0 Å². The first-order chi connectivity index (χ1) is 32.7. The molecule has 308 valence electrons. The molecule has 0 aliphatic rings. The Labute approximate surface area is 379 Å². The highest BCUT2D eigenvalue weighted by Gasteiger charge is 2.21. The van der Waals surface area contributed by atoms with Crippen LogP contribution in [-0.4, -0.2) is 15.0 Å². The molecule has 3 aromatic heterocycles. The van der Waals surface area contributed by atoms with E-state index >= 15 is 0 Å². The van der Waals surface area contributed by atoms with Crippen molar-refractivity contribution >= 4 is 54.6 Å². The lowest BCUT2D eigenvalue weighted by Gasteiger charge is -2.16. The molecule has 10 aromatic carbocycles. The fraction of sp³-hybridized carbons (Fsp3) is 0. The summed E-state index contributed by atoms with van der Waals surface area (Å²) in [5.74, 6) is 1.76. The maximum absolute atomic E-state index is 6.68. The standard InChI is InChI=1S/C61H37N3O2/c1-3-13-38(14-4-1)39-23-27-42(28-24-39)59-62-60(64-61(63-59)46-31-33-54-51(36-46)49-21-11-12-22-53(49)65-54)43-29-25-41(26-30-43)57-50(48-20-10-9-19-47(48)40-15-5-2-6-16-40)32-34-55-58(57)52-35-44-17-7-8-18-45(44)37-56(52)66-55/h1-37H. The van der Waals surface area contributed by atoms with Gasteiger partial charge in [0.1, 0.15) is 22.3 Å². The third kappa shape index (κ3) is 6.44. The van der Waals surface area contributed by atoms with Crippen molar-refractivity contribution in [1.29, 1.82) is 0 Å². The van der Waals surface area contributed by atoms with Crippen LogP contribution in [0.4, 0.5) is 0 Å². The van der Waals surface area contributed by atoms with Crippen LogP contribution in [0.5, 0.6) is 0 Å². The molecule has 13 rings (SSSR count). The van der Waals surface area contributed by atoms with Gasteiger partial charge in [-0.2, -0.15) is 0 Å². The number of hydrogen-bond donors (Lipinski definition) is 0. The van der Waals surface area contributed by atoms with Crippen LogP contribution in [0, 0.1) is 0 Å². The lowest BCUT2D eigenvalue weighted by atomic mass is 9.86. The van der Waals surface area contributed by atoms with Crippen LogP contribution in [-0.2, 0) is 0 Å². The fourth-order valence-electron chi connectivity index (χ4n) is 9.52. The highest BCUT2D eigenvalue weighted by atomic mass is 16.3. The number of fused-ring (bicyclic) bond motifs is 7. The molecule has 0 saturated carbocycles. The predicted octanol–water partition coefficient (Wildman–Crippen LogP) is 16.5. The zero-order valence-corrected chi connectivity index (χ0v) is 35.5. The number of para-hydroxylation sites is 1. The fourth-order valence-corrected chi connectivity index (χ4v) is 9.52. The van der Waals surface area contributed by atoms with Crippen molar-refractivity contribution in [2.24, 2.45) is 0 Å². The maximum Gasteiger partial charge on any atom is 0.164 e. The quantitative estimate of drug-likeness (QED) is 0.160. The molecular formula is C61H37N3O2. The molecule has 0 atom stereocenters. The number of rotatable bonds is 7. The van der Waals surface area contributed by atoms with Gasteiger partial charge in [0.05, 0.1) is 0 Å². The minimum atomic E-state index is 0.582. The molecule has 66 heavy (non-hydrogen) atoms. The first kappa shape index (κ1) is 37.6. The zero-order chi connectivity index (χ0) is 43.6. The van der Waals surface area contributed by atoms with Crippen molar-refractivity contribution in [2.75, 3.05) is 0 Å². The van der Waals surface area contributed by atoms with Gasteiger partial charge in [-0.05, 0) is 98.2 Å². The van der Waals surface area contributed by atoms with Crippen LogP contribution >= 0.6 is 0 Å². The molecule has 0 fully saturated rings. The minimum absolute atomic E-state index is 0.582. The highest BCUT2D eigenvalue weighted by molar-refractivity contribution is 6.19. The Hall–Kier alpha value is -8.93. The van der Waals surface area contributed by atoms with Crippen molar-refractivity contribution in [3.63, 3.8) is 0 Å². The largest absolute Gasteiger partial charge is 0.456 e. The Morgan fingerprint density at radius 2 is 0.758 bits per heavy atom. The van der Waals surface area contributed by atoms with Gasteiger partial charge < -0.3 is 8.83 Å². The SMILES string of the molecule is c1ccc(-c2ccc(-c3nc(-c4ccc(-c5c(-c6ccccc6-c6ccccc6)ccc6oc7cc8ccccc8cc7c56)cc4)nc(-c4ccc5oc6ccccc6c5c4)n3)cc2)cc1. The molecule has 5 nitrogen and oxygen atoms in total. The summed E-state index contributed by atoms with van der Waals surface area (Å²) in [6, 6.07) is 78.3. The third-order valence-electron chi connectivity index (χ3n) is 12.8. The van der Waals surface area contributed by atoms with E-state index in [-0.39, 0.29) is 0 Å². The number of benzene rings is 10. The lowest BCUT2D eigenvalue weighted by molar-refractivity contribution is 0.669. The van der Waals surface area contributed by atoms with E-state index < -0.39 is 0 Å². The Kier molecular flexibility index (Phi) is 8.78. The molecule has 5 heteroatoms. The van der Waals surface area contributed by atoms with Crippen LogP contribution in [0.15, 0.2) is 233 Å². The molecule has 3 heterocycles. The lowest BCUT2D eigenvalue weighted by Crippen LogP contribution is -2.00. The molecule has 0 aliphatic carbocycles. The highest BCUT2D eigenvalue weighted by Crippen LogP contribution is 2.46. The second-order valence-corrected chi connectivity index (χ2v) is 16.7. The van der Waals surface area contributed by atoms with Crippen molar-refractivity contribution in [1.82, 2.24) is 15.0 Å². The van der Waals surface area contributed by atoms with E-state index in [0.29, 0.717) is 17.5 Å². The van der Waals surface area contributed by atoms with Crippen LogP contribution in [0.25, 0.3) is 133 Å². The van der Waals surface area contributed by atoms with Crippen molar-refractivity contribution in [3.05, 3.63) is 224 Å². The van der Waals surface area contributed by atoms with E-state index in [4.69, 9.17) is 23.8 Å². The summed E-state index contributed by atoms with van der Waals surface area (Å²) in [5, 5.41) is 6.53. The molecule has 0 aliphatic heterocycles. The van der Waals surface area contributed by atoms with Gasteiger partial charge in [0.25, 0.3) is 0 Å². The van der Waals surface area contributed by atoms with Gasteiger partial charge in [0, 0.05) is 43.8 Å². The first-order valence-corrected chi connectivity index (χ1v) is 22.2. The van der Waals surface area contributed by atoms with Crippen LogP contribution in [0.3, 0.4) is 0 Å². The van der Waals surface area contributed by atoms with Gasteiger partial charge in [-0.25, -0.2) is 15.0 Å². The molecule has 0 saturated heterocycles. The van der Waals surface area contributed by atoms with Gasteiger partial charge >= 0.3 is 0 Å². The molecule has 0 amide bonds. The molecular weight excluding hydrogens is 807 g/mol. The van der Waals surface area contributed by atoms with Crippen LogP contribution in [0.1, 0.15) is 0 Å². The monoisotopic (exact) mass is 843 g/mol. The number of furan rings is 2. The molecule has 0 bridgehead atoms. The summed E-state index contributed by atoms with van der Waals surface area (Å²) >= 11 is 0. The van der Waals surface area contributed by atoms with E-state index in [0.717, 1.165) is 110 Å². The average Bonchev–Trinajstić information content (AvgIpc) is 3.95. The normalized spacial score (nSPS) is 11.6. The van der Waals surface area contributed by atoms with Gasteiger partial charge in [0.15, 0.2) is 17.5 Å². The smallest absolute Gasteiger partial charge is 0.164 e. The Balaban J connectivity index is 0.988. The number of aromatic nitrogens is 3. The molecule has 0 radical (unpaired) electrons. The van der Waals surface area contributed by atoms with Crippen molar-refractivity contribution < 1.29 is 8.83 Å². The average molecular weight is 844 g/mol. The van der Waals surface area contributed by atoms with Crippen molar-refractivity contribution in [3.8, 4) is 78.7 Å². The molecule has 13 aromatic rings. The Bertz CT molecular complexity index is 3970. The molecule has 0 spiro atoms. The molecule has 0 unspecified atom stereocenters. The van der Waals surface area contributed by atoms with Gasteiger partial charge in [0.2, 0.25) is 0 Å². The Morgan fingerprint density at radius 3 is 1.48 bits per heavy atom. The van der Waals surface area contributed by atoms with Gasteiger partial charge in [-0.3, -0.25) is 0 Å². The maximum atomic E-state index is 6.68. The second kappa shape index (κ2) is 15.4. The van der Waals surface area contributed by atoms with E-state index in [9.17, 15) is 0 Å². The summed E-state index contributed by atoms with van der Waals surface area (Å²) in [5.41, 5.74) is 15.1. The van der Waals surface area contributed by atoms with E-state index in [1.165, 1.54) is 5.39 Å². The summed E-state index contributed by atoms with van der Waals surface area (Å²) in [6.45, 7) is 0. The van der Waals surface area contributed by atoms with Gasteiger partial charge in [-0.15, -0.1) is 0 Å². The predicted molar refractivity (Wildman–Crippen MR) is 270 cm³/mol. The topological polar surface area (TPSA) is 65.0 Å². The van der Waals surface area contributed by atoms with Crippen LogP contribution in [0.2, 0.25) is 0 Å². The van der Waals surface area contributed by atoms with E-state index in [1.54, 1.807) is 0 Å². The minimum Gasteiger partial charge on any atom is -0.456 e. The van der Waals surface area contributed by atoms with E-state index in [1.807, 2.05) is 36.4 Å². The number of nitrogens with zero attached hydrogens (tertiary/aromatic N) is 3. The molecule has 0 N–H and O–H groups in total. The summed E-state index contributed by atoms with van der Waals surface area (Å²) < 4.78 is 12.9. The summed E-state index contributed by atoms with van der Waals surface area (Å²) in [6.07, 6.45) is 0.